The number of amides is 1. The van der Waals surface area contributed by atoms with Crippen molar-refractivity contribution < 1.29 is 33.4 Å². The molecule has 14 nitrogen and oxygen atoms in total. The smallest absolute Gasteiger partial charge is 0.338 e. The zero-order valence-electron chi connectivity index (χ0n) is 41.3. The Bertz CT molecular complexity index is 2260. The van der Waals surface area contributed by atoms with Gasteiger partial charge in [-0.3, -0.25) is 4.79 Å². The van der Waals surface area contributed by atoms with Crippen molar-refractivity contribution in [1.29, 1.82) is 0 Å². The predicted octanol–water partition coefficient (Wildman–Crippen LogP) is 13.5. The van der Waals surface area contributed by atoms with Gasteiger partial charge in [0.15, 0.2) is 0 Å². The number of unbranched alkanes of at least 4 members (excludes halogenated alkanes) is 3. The molecule has 1 amide bonds. The maximum atomic E-state index is 13.2. The molecule has 0 bridgehead atoms. The summed E-state index contributed by atoms with van der Waals surface area (Å²) in [5, 5.41) is 12.5. The van der Waals surface area contributed by atoms with E-state index in [-0.39, 0.29) is 41.7 Å². The minimum Gasteiger partial charge on any atom is -0.462 e. The van der Waals surface area contributed by atoms with Crippen LogP contribution in [0.2, 0.25) is 0 Å². The monoisotopic (exact) mass is 942 g/mol. The normalized spacial score (nSPS) is 12.3. The number of hydrogen-bond acceptors (Lipinski definition) is 13. The summed E-state index contributed by atoms with van der Waals surface area (Å²) < 4.78 is 16.9. The van der Waals surface area contributed by atoms with Crippen molar-refractivity contribution >= 4 is 64.4 Å². The molecule has 1 aromatic heterocycles. The molecule has 5 rings (SSSR count). The molecule has 5 aromatic rings. The van der Waals surface area contributed by atoms with E-state index in [0.29, 0.717) is 82.6 Å². The van der Waals surface area contributed by atoms with Crippen LogP contribution in [0.1, 0.15) is 160 Å². The Morgan fingerprint density at radius 2 is 0.681 bits per heavy atom. The van der Waals surface area contributed by atoms with Crippen molar-refractivity contribution in [3.8, 4) is 0 Å². The molecule has 0 saturated heterocycles. The highest BCUT2D eigenvalue weighted by Gasteiger charge is 2.17. The van der Waals surface area contributed by atoms with Gasteiger partial charge < -0.3 is 35.5 Å². The van der Waals surface area contributed by atoms with Gasteiger partial charge in [-0.05, 0) is 134 Å². The second-order valence-electron chi connectivity index (χ2n) is 17.5. The average molecular weight is 942 g/mol. The van der Waals surface area contributed by atoms with Gasteiger partial charge in [-0.25, -0.2) is 14.4 Å². The van der Waals surface area contributed by atoms with Crippen LogP contribution < -0.4 is 21.3 Å². The van der Waals surface area contributed by atoms with Crippen molar-refractivity contribution in [2.45, 2.75) is 119 Å². The molecule has 1 heterocycles. The Kier molecular flexibility index (Phi) is 21.9. The first kappa shape index (κ1) is 53.1. The van der Waals surface area contributed by atoms with Crippen LogP contribution in [-0.4, -0.2) is 58.6 Å². The van der Waals surface area contributed by atoms with Gasteiger partial charge in [-0.2, -0.15) is 15.0 Å². The molecule has 0 radical (unpaired) electrons. The quantitative estimate of drug-likeness (QED) is 0.0263. The zero-order chi connectivity index (χ0) is 49.4. The van der Waals surface area contributed by atoms with Gasteiger partial charge in [0.25, 0.3) is 5.91 Å². The highest BCUT2D eigenvalue weighted by Crippen LogP contribution is 2.24. The van der Waals surface area contributed by atoms with Gasteiger partial charge in [-0.1, -0.05) is 99.3 Å². The third-order valence-electron chi connectivity index (χ3n) is 12.2. The van der Waals surface area contributed by atoms with Crippen LogP contribution in [0.25, 0.3) is 0 Å². The number of aromatic nitrogens is 3. The van der Waals surface area contributed by atoms with Crippen LogP contribution in [0.5, 0.6) is 0 Å². The van der Waals surface area contributed by atoms with E-state index in [2.05, 4.69) is 77.8 Å². The number of carbonyl (C=O) groups is 4. The van der Waals surface area contributed by atoms with E-state index >= 15 is 0 Å². The first-order valence-electron chi connectivity index (χ1n) is 24.8. The molecule has 0 aliphatic heterocycles. The number of nitrogens with one attached hydrogen (secondary N) is 4. The number of hydrogen-bond donors (Lipinski definition) is 4. The molecule has 0 spiro atoms. The lowest BCUT2D eigenvalue weighted by Gasteiger charge is -2.15. The molecular weight excluding hydrogens is 871 g/mol. The average Bonchev–Trinajstić information content (AvgIpc) is 3.37. The molecule has 3 unspecified atom stereocenters. The number of nitrogens with zero attached hydrogens (tertiary/aromatic N) is 3. The molecule has 0 saturated carbocycles. The van der Waals surface area contributed by atoms with Crippen LogP contribution in [0, 0.1) is 17.8 Å². The summed E-state index contributed by atoms with van der Waals surface area (Å²) in [4.78, 5) is 65.6. The Hall–Kier alpha value is -6.83. The second-order valence-corrected chi connectivity index (χ2v) is 17.5. The number of carbonyl (C=O) groups excluding carboxylic acids is 4. The summed E-state index contributed by atoms with van der Waals surface area (Å²) in [6.07, 6.45) is 12.6. The lowest BCUT2D eigenvalue weighted by atomic mass is 10.0. The van der Waals surface area contributed by atoms with E-state index in [9.17, 15) is 19.2 Å². The van der Waals surface area contributed by atoms with Crippen LogP contribution in [0.4, 0.5) is 40.6 Å². The first-order chi connectivity index (χ1) is 33.5. The summed E-state index contributed by atoms with van der Waals surface area (Å²) in [5.41, 5.74) is 4.09. The fourth-order valence-electron chi connectivity index (χ4n) is 7.43. The van der Waals surface area contributed by atoms with Gasteiger partial charge >= 0.3 is 17.9 Å². The summed E-state index contributed by atoms with van der Waals surface area (Å²) in [6, 6.07) is 27.2. The predicted molar refractivity (Wildman–Crippen MR) is 274 cm³/mol. The zero-order valence-corrected chi connectivity index (χ0v) is 41.3. The van der Waals surface area contributed by atoms with E-state index in [1.54, 1.807) is 97.1 Å². The van der Waals surface area contributed by atoms with Crippen molar-refractivity contribution in [3.63, 3.8) is 0 Å². The second kappa shape index (κ2) is 28.5. The number of esters is 3. The Morgan fingerprint density at radius 3 is 0.957 bits per heavy atom. The third-order valence-corrected chi connectivity index (χ3v) is 12.2. The van der Waals surface area contributed by atoms with Crippen molar-refractivity contribution in [3.05, 3.63) is 119 Å². The van der Waals surface area contributed by atoms with Crippen LogP contribution in [0.3, 0.4) is 0 Å². The molecule has 368 valence electrons. The summed E-state index contributed by atoms with van der Waals surface area (Å²) in [7, 11) is 0. The molecule has 3 atom stereocenters. The van der Waals surface area contributed by atoms with E-state index in [1.165, 1.54) is 0 Å². The van der Waals surface area contributed by atoms with Crippen molar-refractivity contribution in [2.24, 2.45) is 17.8 Å². The van der Waals surface area contributed by atoms with Crippen molar-refractivity contribution in [1.82, 2.24) is 15.0 Å². The SMILES string of the molecule is CCCCC(CC)COC(=O)c1ccc(NC(=O)c2ccc(Nc3nc(Nc4ccc(C(=O)OCC(CC)CCCC)cc4)nc(Nc4ccc(C(=O)OCC(CC)CCCC)cc4)n3)cc2)cc1. The molecule has 4 N–H and O–H groups in total. The van der Waals surface area contributed by atoms with Gasteiger partial charge in [0.05, 0.1) is 36.5 Å². The minimum absolute atomic E-state index is 0.194. The standard InChI is InChI=1S/C55H71N7O7/c1-7-13-16-38(10-4)35-67-50(64)42-21-29-45(30-22-42)56-49(63)41-19-27-46(28-20-41)57-53-60-54(58-47-31-23-43(24-32-47)51(65)68-36-39(11-5)17-14-8-2)62-55(61-53)59-48-33-25-44(26-34-48)52(66)69-37-40(12-6)18-15-9-3/h19-34,38-40H,7-18,35-37H2,1-6H3,(H,56,63)(H3,57,58,59,60,61,62). The van der Waals surface area contributed by atoms with E-state index in [1.807, 2.05) is 0 Å². The fourth-order valence-corrected chi connectivity index (χ4v) is 7.43. The molecule has 0 aliphatic rings. The van der Waals surface area contributed by atoms with Crippen molar-refractivity contribution in [2.75, 3.05) is 41.1 Å². The van der Waals surface area contributed by atoms with Gasteiger partial charge in [0, 0.05) is 28.3 Å². The highest BCUT2D eigenvalue weighted by atomic mass is 16.5. The first-order valence-corrected chi connectivity index (χ1v) is 24.8. The minimum atomic E-state index is -0.382. The summed E-state index contributed by atoms with van der Waals surface area (Å²) in [5.74, 6) is 0.155. The van der Waals surface area contributed by atoms with Crippen LogP contribution in [0.15, 0.2) is 97.1 Å². The molecule has 14 heteroatoms. The Morgan fingerprint density at radius 1 is 0.406 bits per heavy atom. The van der Waals surface area contributed by atoms with Gasteiger partial charge in [-0.15, -0.1) is 0 Å². The van der Waals surface area contributed by atoms with Crippen LogP contribution in [-0.2, 0) is 14.2 Å². The molecule has 0 fully saturated rings. The lowest BCUT2D eigenvalue weighted by Crippen LogP contribution is -2.14. The molecule has 4 aromatic carbocycles. The molecular formula is C55H71N7O7. The number of rotatable bonds is 29. The highest BCUT2D eigenvalue weighted by molar-refractivity contribution is 6.04. The largest absolute Gasteiger partial charge is 0.462 e. The fraction of sp³-hybridized carbons (Fsp3) is 0.436. The van der Waals surface area contributed by atoms with E-state index in [0.717, 1.165) is 77.0 Å². The Labute approximate surface area is 408 Å². The molecule has 69 heavy (non-hydrogen) atoms. The number of ether oxygens (including phenoxy) is 3. The lowest BCUT2D eigenvalue weighted by molar-refractivity contribution is 0.0419. The van der Waals surface area contributed by atoms with Gasteiger partial charge in [0.1, 0.15) is 0 Å². The topological polar surface area (TPSA) is 183 Å². The maximum Gasteiger partial charge on any atom is 0.338 e. The van der Waals surface area contributed by atoms with Crippen LogP contribution >= 0.6 is 0 Å². The number of anilines is 7. The summed E-state index contributed by atoms with van der Waals surface area (Å²) >= 11 is 0. The number of benzene rings is 4. The van der Waals surface area contributed by atoms with E-state index < -0.39 is 0 Å². The summed E-state index contributed by atoms with van der Waals surface area (Å²) in [6.45, 7) is 14.0. The molecule has 0 aliphatic carbocycles. The Balaban J connectivity index is 1.26. The maximum absolute atomic E-state index is 13.2. The van der Waals surface area contributed by atoms with Gasteiger partial charge in [0.2, 0.25) is 17.8 Å². The third kappa shape index (κ3) is 17.6. The van der Waals surface area contributed by atoms with E-state index in [4.69, 9.17) is 14.2 Å².